The second-order valence-corrected chi connectivity index (χ2v) is 4.79. The minimum absolute atomic E-state index is 0.142. The lowest BCUT2D eigenvalue weighted by Crippen LogP contribution is -2.38. The molecule has 7 heteroatoms. The summed E-state index contributed by atoms with van der Waals surface area (Å²) in [6, 6.07) is 4.55. The number of aliphatic carboxylic acids is 1. The summed E-state index contributed by atoms with van der Waals surface area (Å²) in [5, 5.41) is 11.4. The molecule has 1 aromatic carbocycles. The van der Waals surface area contributed by atoms with Crippen LogP contribution in [0.5, 0.6) is 5.75 Å². The third-order valence-corrected chi connectivity index (χ3v) is 2.78. The summed E-state index contributed by atoms with van der Waals surface area (Å²) in [6.07, 6.45) is 1.46. The lowest BCUT2D eigenvalue weighted by Gasteiger charge is -2.19. The zero-order valence-electron chi connectivity index (χ0n) is 10.9. The second-order valence-electron chi connectivity index (χ2n) is 3.87. The van der Waals surface area contributed by atoms with Crippen LogP contribution in [-0.2, 0) is 4.79 Å². The van der Waals surface area contributed by atoms with Crippen LogP contribution in [0.2, 0.25) is 0 Å². The number of anilines is 1. The van der Waals surface area contributed by atoms with Crippen molar-refractivity contribution in [1.82, 2.24) is 4.90 Å². The van der Waals surface area contributed by atoms with E-state index in [4.69, 9.17) is 9.84 Å². The van der Waals surface area contributed by atoms with Crippen molar-refractivity contribution in [2.24, 2.45) is 0 Å². The number of carbonyl (C=O) groups excluding carboxylic acids is 1. The van der Waals surface area contributed by atoms with Gasteiger partial charge in [0, 0.05) is 22.8 Å². The molecule has 20 heavy (non-hydrogen) atoms. The molecule has 0 radical (unpaired) electrons. The molecule has 108 valence electrons. The molecule has 0 unspecified atom stereocenters. The van der Waals surface area contributed by atoms with Crippen molar-refractivity contribution in [3.05, 3.63) is 35.3 Å². The Morgan fingerprint density at radius 1 is 1.50 bits per heavy atom. The maximum Gasteiger partial charge on any atom is 0.323 e. The van der Waals surface area contributed by atoms with E-state index >= 15 is 0 Å². The molecule has 0 aliphatic heterocycles. The molecule has 0 bridgehead atoms. The van der Waals surface area contributed by atoms with Crippen LogP contribution in [0, 0.1) is 0 Å². The zero-order chi connectivity index (χ0) is 15.1. The fourth-order valence-corrected chi connectivity index (χ4v) is 1.97. The van der Waals surface area contributed by atoms with E-state index in [0.29, 0.717) is 11.4 Å². The van der Waals surface area contributed by atoms with Crippen LogP contribution >= 0.6 is 15.9 Å². The van der Waals surface area contributed by atoms with E-state index in [9.17, 15) is 9.59 Å². The Hall–Kier alpha value is -2.02. The third kappa shape index (κ3) is 4.93. The largest absolute Gasteiger partial charge is 0.497 e. The smallest absolute Gasteiger partial charge is 0.323 e. The first-order chi connectivity index (χ1) is 9.46. The molecule has 0 aliphatic carbocycles. The van der Waals surface area contributed by atoms with Gasteiger partial charge in [0.2, 0.25) is 0 Å². The highest BCUT2D eigenvalue weighted by atomic mass is 79.9. The summed E-state index contributed by atoms with van der Waals surface area (Å²) < 4.78 is 5.82. The first kappa shape index (κ1) is 16.0. The van der Waals surface area contributed by atoms with E-state index in [2.05, 4.69) is 27.8 Å². The topological polar surface area (TPSA) is 78.9 Å². The van der Waals surface area contributed by atoms with Crippen LogP contribution in [0.4, 0.5) is 10.5 Å². The van der Waals surface area contributed by atoms with E-state index in [0.717, 1.165) is 9.37 Å². The Morgan fingerprint density at radius 2 is 2.20 bits per heavy atom. The van der Waals surface area contributed by atoms with Crippen LogP contribution in [0.1, 0.15) is 0 Å². The Bertz CT molecular complexity index is 519. The molecule has 0 saturated carbocycles. The lowest BCUT2D eigenvalue weighted by molar-refractivity contribution is -0.137. The molecule has 1 rings (SSSR count). The number of urea groups is 1. The number of carbonyl (C=O) groups is 2. The van der Waals surface area contributed by atoms with Crippen molar-refractivity contribution in [2.75, 3.05) is 25.5 Å². The minimum atomic E-state index is -1.09. The van der Waals surface area contributed by atoms with Gasteiger partial charge in [-0.3, -0.25) is 4.79 Å². The molecule has 2 N–H and O–H groups in total. The SMILES string of the molecule is C=CCN(CC(=O)O)C(=O)Nc1cc(Br)cc(OC)c1. The summed E-state index contributed by atoms with van der Waals surface area (Å²) >= 11 is 3.30. The highest BCUT2D eigenvalue weighted by Gasteiger charge is 2.15. The summed E-state index contributed by atoms with van der Waals surface area (Å²) in [5.41, 5.74) is 0.501. The standard InChI is InChI=1S/C13H15BrN2O4/c1-3-4-16(8-12(17)18)13(19)15-10-5-9(14)6-11(7-10)20-2/h3,5-7H,1,4,8H2,2H3,(H,15,19)(H,17,18). The third-order valence-electron chi connectivity index (χ3n) is 2.32. The van der Waals surface area contributed by atoms with Crippen molar-refractivity contribution < 1.29 is 19.4 Å². The fourth-order valence-electron chi connectivity index (χ4n) is 1.49. The monoisotopic (exact) mass is 342 g/mol. The van der Waals surface area contributed by atoms with Gasteiger partial charge in [-0.15, -0.1) is 6.58 Å². The molecule has 0 fully saturated rings. The van der Waals surface area contributed by atoms with Gasteiger partial charge < -0.3 is 20.1 Å². The number of hydrogen-bond acceptors (Lipinski definition) is 3. The van der Waals surface area contributed by atoms with Gasteiger partial charge in [0.05, 0.1) is 7.11 Å². The average molecular weight is 343 g/mol. The molecular weight excluding hydrogens is 328 g/mol. The molecule has 0 aromatic heterocycles. The maximum atomic E-state index is 12.0. The maximum absolute atomic E-state index is 12.0. The lowest BCUT2D eigenvalue weighted by atomic mass is 10.3. The normalized spacial score (nSPS) is 9.70. The number of carboxylic acids is 1. The Labute approximate surface area is 125 Å². The molecule has 1 aromatic rings. The van der Waals surface area contributed by atoms with Crippen molar-refractivity contribution >= 4 is 33.6 Å². The fraction of sp³-hybridized carbons (Fsp3) is 0.231. The van der Waals surface area contributed by atoms with Gasteiger partial charge in [0.15, 0.2) is 0 Å². The van der Waals surface area contributed by atoms with E-state index in [-0.39, 0.29) is 6.54 Å². The van der Waals surface area contributed by atoms with Gasteiger partial charge >= 0.3 is 12.0 Å². The number of amides is 2. The Kier molecular flexibility index (Phi) is 6.05. The van der Waals surface area contributed by atoms with Crippen molar-refractivity contribution in [3.8, 4) is 5.75 Å². The van der Waals surface area contributed by atoms with Gasteiger partial charge in [-0.2, -0.15) is 0 Å². The van der Waals surface area contributed by atoms with E-state index in [1.54, 1.807) is 18.2 Å². The predicted molar refractivity (Wildman–Crippen MR) is 79.1 cm³/mol. The van der Waals surface area contributed by atoms with Crippen LogP contribution in [-0.4, -0.2) is 42.2 Å². The molecule has 0 atom stereocenters. The summed E-state index contributed by atoms with van der Waals surface area (Å²) in [7, 11) is 1.52. The van der Waals surface area contributed by atoms with Gasteiger partial charge in [0.1, 0.15) is 12.3 Å². The Balaban J connectivity index is 2.84. The van der Waals surface area contributed by atoms with Crippen LogP contribution in [0.25, 0.3) is 0 Å². The number of nitrogens with zero attached hydrogens (tertiary/aromatic N) is 1. The van der Waals surface area contributed by atoms with Gasteiger partial charge in [-0.25, -0.2) is 4.79 Å². The molecule has 0 heterocycles. The van der Waals surface area contributed by atoms with Crippen molar-refractivity contribution in [3.63, 3.8) is 0 Å². The minimum Gasteiger partial charge on any atom is -0.497 e. The molecule has 0 saturated heterocycles. The first-order valence-corrected chi connectivity index (χ1v) is 6.48. The number of hydrogen-bond donors (Lipinski definition) is 2. The number of benzene rings is 1. The summed E-state index contributed by atoms with van der Waals surface area (Å²) in [5.74, 6) is -0.517. The van der Waals surface area contributed by atoms with Crippen molar-refractivity contribution in [1.29, 1.82) is 0 Å². The number of rotatable bonds is 6. The molecule has 0 aliphatic rings. The quantitative estimate of drug-likeness (QED) is 0.778. The molecular formula is C13H15BrN2O4. The Morgan fingerprint density at radius 3 is 2.75 bits per heavy atom. The van der Waals surface area contributed by atoms with E-state index in [1.165, 1.54) is 13.2 Å². The number of halogens is 1. The van der Waals surface area contributed by atoms with Crippen LogP contribution < -0.4 is 10.1 Å². The summed E-state index contributed by atoms with van der Waals surface area (Å²) in [6.45, 7) is 3.24. The number of methoxy groups -OCH3 is 1. The second kappa shape index (κ2) is 7.54. The highest BCUT2D eigenvalue weighted by molar-refractivity contribution is 9.10. The summed E-state index contributed by atoms with van der Waals surface area (Å²) in [4.78, 5) is 23.8. The highest BCUT2D eigenvalue weighted by Crippen LogP contribution is 2.24. The number of nitrogens with one attached hydrogen (secondary N) is 1. The van der Waals surface area contributed by atoms with E-state index in [1.807, 2.05) is 0 Å². The van der Waals surface area contributed by atoms with Crippen molar-refractivity contribution in [2.45, 2.75) is 0 Å². The van der Waals surface area contributed by atoms with E-state index < -0.39 is 18.5 Å². The number of ether oxygens (including phenoxy) is 1. The molecule has 6 nitrogen and oxygen atoms in total. The predicted octanol–water partition coefficient (Wildman–Crippen LogP) is 2.56. The average Bonchev–Trinajstić information content (AvgIpc) is 2.36. The molecule has 0 spiro atoms. The van der Waals surface area contributed by atoms with Crippen LogP contribution in [0.3, 0.4) is 0 Å². The van der Waals surface area contributed by atoms with Crippen LogP contribution in [0.15, 0.2) is 35.3 Å². The van der Waals surface area contributed by atoms with Gasteiger partial charge in [-0.1, -0.05) is 22.0 Å². The first-order valence-electron chi connectivity index (χ1n) is 5.69. The number of carboxylic acid groups (broad SMARTS) is 1. The zero-order valence-corrected chi connectivity index (χ0v) is 12.5. The van der Waals surface area contributed by atoms with Gasteiger partial charge in [0.25, 0.3) is 0 Å². The van der Waals surface area contributed by atoms with Gasteiger partial charge in [-0.05, 0) is 12.1 Å². The molecule has 2 amide bonds.